The summed E-state index contributed by atoms with van der Waals surface area (Å²) in [4.78, 5) is 0. The molecule has 0 radical (unpaired) electrons. The van der Waals surface area contributed by atoms with E-state index in [1.54, 1.807) is 0 Å². The van der Waals surface area contributed by atoms with Crippen LogP contribution in [-0.2, 0) is 0 Å². The lowest BCUT2D eigenvalue weighted by molar-refractivity contribution is 0.223. The van der Waals surface area contributed by atoms with Crippen molar-refractivity contribution in [2.24, 2.45) is 0 Å². The lowest BCUT2D eigenvalue weighted by atomic mass is 10.3. The number of thioether (sulfide) groups is 1. The number of nitrogens with zero attached hydrogens (tertiary/aromatic N) is 1. The second kappa shape index (κ2) is 4.21. The van der Waals surface area contributed by atoms with Crippen molar-refractivity contribution >= 4 is 11.8 Å². The maximum Gasteiger partial charge on any atom is 0.0221 e. The minimum atomic E-state index is 0.846. The Labute approximate surface area is 67.3 Å². The summed E-state index contributed by atoms with van der Waals surface area (Å²) in [7, 11) is 2.00. The molecule has 1 N–H and O–H groups in total. The second-order valence-electron chi connectivity index (χ2n) is 2.68. The van der Waals surface area contributed by atoms with Gasteiger partial charge in [0.05, 0.1) is 0 Å². The third-order valence-corrected chi connectivity index (χ3v) is 3.11. The van der Waals surface area contributed by atoms with Crippen LogP contribution in [0.2, 0.25) is 0 Å². The van der Waals surface area contributed by atoms with E-state index >= 15 is 0 Å². The molecule has 1 heterocycles. The second-order valence-corrected chi connectivity index (χ2v) is 4.23. The monoisotopic (exact) mass is 160 g/mol. The molecule has 0 spiro atoms. The molecule has 60 valence electrons. The predicted octanol–water partition coefficient (Wildman–Crippen LogP) is 0.948. The summed E-state index contributed by atoms with van der Waals surface area (Å²) in [5, 5.41) is 3.13. The van der Waals surface area contributed by atoms with E-state index in [-0.39, 0.29) is 0 Å². The summed E-state index contributed by atoms with van der Waals surface area (Å²) in [6, 6.07) is 0. The first kappa shape index (κ1) is 8.37. The van der Waals surface area contributed by atoms with Gasteiger partial charge < -0.3 is 0 Å². The molecule has 0 bridgehead atoms. The normalized spacial score (nSPS) is 30.0. The Morgan fingerprint density at radius 3 is 3.00 bits per heavy atom. The Kier molecular flexibility index (Phi) is 3.52. The number of rotatable bonds is 1. The van der Waals surface area contributed by atoms with E-state index < -0.39 is 0 Å². The highest BCUT2D eigenvalue weighted by Gasteiger charge is 2.11. The van der Waals surface area contributed by atoms with Crippen LogP contribution in [0.1, 0.15) is 13.3 Å². The van der Waals surface area contributed by atoms with E-state index in [4.69, 9.17) is 0 Å². The van der Waals surface area contributed by atoms with Crippen LogP contribution in [0.5, 0.6) is 0 Å². The van der Waals surface area contributed by atoms with E-state index in [0.29, 0.717) is 0 Å². The van der Waals surface area contributed by atoms with Crippen LogP contribution in [-0.4, -0.2) is 36.1 Å². The minimum Gasteiger partial charge on any atom is -0.258 e. The molecule has 1 unspecified atom stereocenters. The zero-order chi connectivity index (χ0) is 7.40. The summed E-state index contributed by atoms with van der Waals surface area (Å²) in [5.41, 5.74) is 3.18. The van der Waals surface area contributed by atoms with Crippen LogP contribution in [0.4, 0.5) is 0 Å². The van der Waals surface area contributed by atoms with Gasteiger partial charge in [0.15, 0.2) is 0 Å². The van der Waals surface area contributed by atoms with Crippen molar-refractivity contribution in [2.75, 3.05) is 25.9 Å². The average Bonchev–Trinajstić information content (AvgIpc) is 2.14. The van der Waals surface area contributed by atoms with Gasteiger partial charge in [0, 0.05) is 24.1 Å². The zero-order valence-corrected chi connectivity index (χ0v) is 7.58. The van der Waals surface area contributed by atoms with Crippen molar-refractivity contribution in [3.63, 3.8) is 0 Å². The van der Waals surface area contributed by atoms with Crippen LogP contribution in [0.25, 0.3) is 0 Å². The highest BCUT2D eigenvalue weighted by molar-refractivity contribution is 7.99. The van der Waals surface area contributed by atoms with Gasteiger partial charge >= 0.3 is 0 Å². The molecule has 1 aliphatic rings. The van der Waals surface area contributed by atoms with E-state index in [1.165, 1.54) is 25.3 Å². The fourth-order valence-corrected chi connectivity index (χ4v) is 2.12. The summed E-state index contributed by atoms with van der Waals surface area (Å²) in [6.45, 7) is 4.69. The average molecular weight is 160 g/mol. The number of hydrazine groups is 1. The molecule has 0 aliphatic carbocycles. The number of hydrogen-bond donors (Lipinski definition) is 1. The van der Waals surface area contributed by atoms with Crippen molar-refractivity contribution in [2.45, 2.75) is 18.6 Å². The van der Waals surface area contributed by atoms with E-state index in [0.717, 1.165) is 5.25 Å². The summed E-state index contributed by atoms with van der Waals surface area (Å²) in [6.07, 6.45) is 1.31. The third kappa shape index (κ3) is 2.48. The van der Waals surface area contributed by atoms with Crippen molar-refractivity contribution < 1.29 is 0 Å². The Balaban J connectivity index is 2.26. The summed E-state index contributed by atoms with van der Waals surface area (Å²) < 4.78 is 0. The molecule has 0 aromatic carbocycles. The Hall–Kier alpha value is 0.270. The van der Waals surface area contributed by atoms with Gasteiger partial charge in [0.25, 0.3) is 0 Å². The van der Waals surface area contributed by atoms with Gasteiger partial charge in [-0.2, -0.15) is 11.8 Å². The molecule has 1 atom stereocenters. The first-order chi connectivity index (χ1) is 4.83. The largest absolute Gasteiger partial charge is 0.258 e. The van der Waals surface area contributed by atoms with E-state index in [2.05, 4.69) is 29.1 Å². The highest BCUT2D eigenvalue weighted by atomic mass is 32.2. The highest BCUT2D eigenvalue weighted by Crippen LogP contribution is 2.17. The quantitative estimate of drug-likeness (QED) is 0.615. The SMILES string of the molecule is CNN1CCSC(C)CC1. The maximum atomic E-state index is 3.18. The first-order valence-corrected chi connectivity index (χ1v) is 4.91. The predicted molar refractivity (Wildman–Crippen MR) is 47.2 cm³/mol. The lowest BCUT2D eigenvalue weighted by Gasteiger charge is -2.17. The van der Waals surface area contributed by atoms with Crippen molar-refractivity contribution in [3.05, 3.63) is 0 Å². The molecule has 1 aliphatic heterocycles. The van der Waals surface area contributed by atoms with Gasteiger partial charge in [0.1, 0.15) is 0 Å². The molecule has 0 aromatic heterocycles. The van der Waals surface area contributed by atoms with Gasteiger partial charge in [0.2, 0.25) is 0 Å². The first-order valence-electron chi connectivity index (χ1n) is 3.87. The molecule has 0 aromatic rings. The van der Waals surface area contributed by atoms with Gasteiger partial charge in [-0.15, -0.1) is 0 Å². The molecule has 0 amide bonds. The van der Waals surface area contributed by atoms with Crippen molar-refractivity contribution in [1.82, 2.24) is 10.4 Å². The molecule has 3 heteroatoms. The molecule has 1 saturated heterocycles. The van der Waals surface area contributed by atoms with Gasteiger partial charge in [-0.3, -0.25) is 5.43 Å². The molecule has 0 saturated carbocycles. The molecular weight excluding hydrogens is 144 g/mol. The topological polar surface area (TPSA) is 15.3 Å². The summed E-state index contributed by atoms with van der Waals surface area (Å²) in [5.74, 6) is 1.27. The van der Waals surface area contributed by atoms with E-state index in [9.17, 15) is 0 Å². The van der Waals surface area contributed by atoms with Crippen LogP contribution in [0, 0.1) is 0 Å². The van der Waals surface area contributed by atoms with Crippen molar-refractivity contribution in [3.8, 4) is 0 Å². The molecular formula is C7H16N2S. The standard InChI is InChI=1S/C7H16N2S/c1-7-3-4-9(8-2)5-6-10-7/h7-8H,3-6H2,1-2H3. The zero-order valence-electron chi connectivity index (χ0n) is 6.76. The van der Waals surface area contributed by atoms with Crippen LogP contribution in [0.15, 0.2) is 0 Å². The van der Waals surface area contributed by atoms with E-state index in [1.807, 2.05) is 7.05 Å². The summed E-state index contributed by atoms with van der Waals surface area (Å²) >= 11 is 2.08. The fraction of sp³-hybridized carbons (Fsp3) is 1.00. The molecule has 1 fully saturated rings. The van der Waals surface area contributed by atoms with Gasteiger partial charge in [-0.25, -0.2) is 5.01 Å². The minimum absolute atomic E-state index is 0.846. The molecule has 1 rings (SSSR count). The van der Waals surface area contributed by atoms with Gasteiger partial charge in [-0.05, 0) is 13.5 Å². The smallest absolute Gasteiger partial charge is 0.0221 e. The Bertz CT molecular complexity index is 97.6. The third-order valence-electron chi connectivity index (χ3n) is 1.89. The number of hydrogen-bond acceptors (Lipinski definition) is 3. The molecule has 10 heavy (non-hydrogen) atoms. The lowest BCUT2D eigenvalue weighted by Crippen LogP contribution is -2.36. The Morgan fingerprint density at radius 1 is 1.50 bits per heavy atom. The van der Waals surface area contributed by atoms with Crippen molar-refractivity contribution in [1.29, 1.82) is 0 Å². The Morgan fingerprint density at radius 2 is 2.30 bits per heavy atom. The van der Waals surface area contributed by atoms with Crippen LogP contribution < -0.4 is 5.43 Å². The maximum absolute atomic E-state index is 3.18. The number of nitrogens with one attached hydrogen (secondary N) is 1. The van der Waals surface area contributed by atoms with Crippen LogP contribution >= 0.6 is 11.8 Å². The van der Waals surface area contributed by atoms with Gasteiger partial charge in [-0.1, -0.05) is 6.92 Å². The van der Waals surface area contributed by atoms with Crippen LogP contribution in [0.3, 0.4) is 0 Å². The molecule has 2 nitrogen and oxygen atoms in total. The fourth-order valence-electron chi connectivity index (χ4n) is 1.12.